The molecule has 1 aromatic rings. The first-order chi connectivity index (χ1) is 9.22. The molecule has 1 saturated heterocycles. The lowest BCUT2D eigenvalue weighted by Gasteiger charge is -2.38. The van der Waals surface area contributed by atoms with Crippen molar-refractivity contribution >= 4 is 21.4 Å². The second-order valence-corrected chi connectivity index (χ2v) is 8.79. The largest absolute Gasteiger partial charge is 0.399 e. The highest BCUT2D eigenvalue weighted by atomic mass is 32.2. The van der Waals surface area contributed by atoms with E-state index in [9.17, 15) is 8.42 Å². The van der Waals surface area contributed by atoms with Crippen LogP contribution in [-0.4, -0.2) is 43.6 Å². The molecule has 0 spiro atoms. The number of piperazine rings is 1. The molecule has 0 aromatic heterocycles. The molecule has 1 fully saturated rings. The van der Waals surface area contributed by atoms with Gasteiger partial charge < -0.3 is 10.6 Å². The van der Waals surface area contributed by atoms with Crippen LogP contribution < -0.4 is 10.6 Å². The number of nitrogens with two attached hydrogens (primary N) is 1. The Bertz CT molecular complexity index is 553. The predicted octanol–water partition coefficient (Wildman–Crippen LogP) is 1.52. The zero-order chi connectivity index (χ0) is 15.0. The Hall–Kier alpha value is -1.27. The fraction of sp³-hybridized carbons (Fsp3) is 0.571. The molecule has 1 aromatic carbocycles. The summed E-state index contributed by atoms with van der Waals surface area (Å²) in [7, 11) is -3.23. The van der Waals surface area contributed by atoms with E-state index < -0.39 is 14.8 Å². The maximum atomic E-state index is 12.4. The van der Waals surface area contributed by atoms with Gasteiger partial charge in [0.2, 0.25) is 10.0 Å². The maximum absolute atomic E-state index is 12.4. The van der Waals surface area contributed by atoms with Crippen LogP contribution in [0.25, 0.3) is 0 Å². The molecule has 0 radical (unpaired) electrons. The first-order valence-corrected chi connectivity index (χ1v) is 8.26. The van der Waals surface area contributed by atoms with Crippen molar-refractivity contribution in [1.29, 1.82) is 0 Å². The van der Waals surface area contributed by atoms with Crippen molar-refractivity contribution in [3.8, 4) is 0 Å². The Balaban J connectivity index is 2.05. The van der Waals surface area contributed by atoms with Crippen LogP contribution in [0.15, 0.2) is 24.3 Å². The number of hydrogen-bond acceptors (Lipinski definition) is 4. The van der Waals surface area contributed by atoms with Crippen molar-refractivity contribution in [2.24, 2.45) is 0 Å². The van der Waals surface area contributed by atoms with Crippen LogP contribution in [0, 0.1) is 0 Å². The normalized spacial score (nSPS) is 18.2. The van der Waals surface area contributed by atoms with Crippen LogP contribution in [0.5, 0.6) is 0 Å². The van der Waals surface area contributed by atoms with E-state index in [1.54, 1.807) is 25.1 Å². The molecular formula is C14H23N3O2S. The molecule has 0 amide bonds. The van der Waals surface area contributed by atoms with Crippen molar-refractivity contribution in [3.63, 3.8) is 0 Å². The average Bonchev–Trinajstić information content (AvgIpc) is 2.38. The average molecular weight is 297 g/mol. The Morgan fingerprint density at radius 2 is 1.50 bits per heavy atom. The third-order valence-electron chi connectivity index (χ3n) is 3.61. The van der Waals surface area contributed by atoms with Crippen LogP contribution >= 0.6 is 0 Å². The minimum Gasteiger partial charge on any atom is -0.399 e. The molecule has 0 unspecified atom stereocenters. The summed E-state index contributed by atoms with van der Waals surface area (Å²) >= 11 is 0. The molecule has 20 heavy (non-hydrogen) atoms. The third-order valence-corrected chi connectivity index (χ3v) is 6.20. The number of hydrogen-bond donors (Lipinski definition) is 1. The molecule has 2 rings (SSSR count). The molecule has 6 heteroatoms. The van der Waals surface area contributed by atoms with E-state index in [0.717, 1.165) is 11.4 Å². The van der Waals surface area contributed by atoms with Gasteiger partial charge in [-0.3, -0.25) is 0 Å². The fourth-order valence-corrected chi connectivity index (χ4v) is 3.68. The van der Waals surface area contributed by atoms with E-state index in [-0.39, 0.29) is 0 Å². The van der Waals surface area contributed by atoms with E-state index in [2.05, 4.69) is 4.90 Å². The number of anilines is 2. The molecule has 5 nitrogen and oxygen atoms in total. The second-order valence-electron chi connectivity index (χ2n) is 6.10. The van der Waals surface area contributed by atoms with E-state index in [1.807, 2.05) is 24.3 Å². The molecular weight excluding hydrogens is 274 g/mol. The van der Waals surface area contributed by atoms with Crippen molar-refractivity contribution < 1.29 is 8.42 Å². The quantitative estimate of drug-likeness (QED) is 0.841. The van der Waals surface area contributed by atoms with Gasteiger partial charge in [0, 0.05) is 37.6 Å². The first-order valence-electron chi connectivity index (χ1n) is 6.82. The Morgan fingerprint density at radius 1 is 1.00 bits per heavy atom. The van der Waals surface area contributed by atoms with E-state index in [4.69, 9.17) is 5.73 Å². The number of nitrogens with zero attached hydrogens (tertiary/aromatic N) is 2. The molecule has 112 valence electrons. The van der Waals surface area contributed by atoms with Crippen molar-refractivity contribution in [2.45, 2.75) is 25.5 Å². The molecule has 1 heterocycles. The van der Waals surface area contributed by atoms with Gasteiger partial charge in [0.1, 0.15) is 0 Å². The standard InChI is InChI=1S/C14H23N3O2S/c1-14(2,3)20(18,19)17-10-8-16(9-11-17)13-6-4-12(15)5-7-13/h4-7H,8-11,15H2,1-3H3. The molecule has 1 aliphatic heterocycles. The smallest absolute Gasteiger partial charge is 0.219 e. The van der Waals surface area contributed by atoms with Gasteiger partial charge in [-0.2, -0.15) is 4.31 Å². The van der Waals surface area contributed by atoms with Crippen LogP contribution in [0.4, 0.5) is 11.4 Å². The van der Waals surface area contributed by atoms with Gasteiger partial charge in [0.15, 0.2) is 0 Å². The molecule has 2 N–H and O–H groups in total. The zero-order valence-corrected chi connectivity index (χ0v) is 13.2. The molecule has 0 aliphatic carbocycles. The Morgan fingerprint density at radius 3 is 1.95 bits per heavy atom. The number of rotatable bonds is 2. The maximum Gasteiger partial charge on any atom is 0.219 e. The van der Waals surface area contributed by atoms with E-state index >= 15 is 0 Å². The Kier molecular flexibility index (Phi) is 3.97. The van der Waals surface area contributed by atoms with Crippen molar-refractivity contribution in [3.05, 3.63) is 24.3 Å². The third kappa shape index (κ3) is 2.91. The summed E-state index contributed by atoms with van der Waals surface area (Å²) in [6.45, 7) is 7.71. The molecule has 0 atom stereocenters. The summed E-state index contributed by atoms with van der Waals surface area (Å²) in [4.78, 5) is 2.19. The Labute approximate surface area is 121 Å². The summed E-state index contributed by atoms with van der Waals surface area (Å²) in [5.41, 5.74) is 7.51. The number of benzene rings is 1. The van der Waals surface area contributed by atoms with Crippen LogP contribution in [0.3, 0.4) is 0 Å². The summed E-state index contributed by atoms with van der Waals surface area (Å²) in [6.07, 6.45) is 0. The monoisotopic (exact) mass is 297 g/mol. The van der Waals surface area contributed by atoms with Crippen LogP contribution in [0.1, 0.15) is 20.8 Å². The van der Waals surface area contributed by atoms with Gasteiger partial charge in [-0.15, -0.1) is 0 Å². The zero-order valence-electron chi connectivity index (χ0n) is 12.3. The topological polar surface area (TPSA) is 66.6 Å². The lowest BCUT2D eigenvalue weighted by Crippen LogP contribution is -2.52. The van der Waals surface area contributed by atoms with E-state index in [1.165, 1.54) is 0 Å². The van der Waals surface area contributed by atoms with Crippen LogP contribution in [-0.2, 0) is 10.0 Å². The highest BCUT2D eigenvalue weighted by Crippen LogP contribution is 2.24. The minimum atomic E-state index is -3.23. The van der Waals surface area contributed by atoms with Gasteiger partial charge in [-0.25, -0.2) is 8.42 Å². The van der Waals surface area contributed by atoms with Crippen molar-refractivity contribution in [2.75, 3.05) is 36.8 Å². The SMILES string of the molecule is CC(C)(C)S(=O)(=O)N1CCN(c2ccc(N)cc2)CC1. The fourth-order valence-electron chi connectivity index (χ4n) is 2.26. The number of nitrogen functional groups attached to an aromatic ring is 1. The molecule has 1 aliphatic rings. The lowest BCUT2D eigenvalue weighted by atomic mass is 10.2. The predicted molar refractivity (Wildman–Crippen MR) is 83.3 cm³/mol. The number of sulfonamides is 1. The van der Waals surface area contributed by atoms with Gasteiger partial charge in [-0.05, 0) is 45.0 Å². The first kappa shape index (κ1) is 15.1. The van der Waals surface area contributed by atoms with Gasteiger partial charge in [0.25, 0.3) is 0 Å². The molecule has 0 saturated carbocycles. The summed E-state index contributed by atoms with van der Waals surface area (Å²) in [5.74, 6) is 0. The van der Waals surface area contributed by atoms with Gasteiger partial charge in [-0.1, -0.05) is 0 Å². The van der Waals surface area contributed by atoms with Crippen molar-refractivity contribution in [1.82, 2.24) is 4.31 Å². The summed E-state index contributed by atoms with van der Waals surface area (Å²) in [6, 6.07) is 7.69. The van der Waals surface area contributed by atoms with Gasteiger partial charge in [0.05, 0.1) is 4.75 Å². The second kappa shape index (κ2) is 5.26. The highest BCUT2D eigenvalue weighted by molar-refractivity contribution is 7.90. The summed E-state index contributed by atoms with van der Waals surface area (Å²) in [5, 5.41) is 0. The molecule has 0 bridgehead atoms. The summed E-state index contributed by atoms with van der Waals surface area (Å²) < 4.78 is 25.6. The highest BCUT2D eigenvalue weighted by Gasteiger charge is 2.36. The minimum absolute atomic E-state index is 0.532. The van der Waals surface area contributed by atoms with Gasteiger partial charge >= 0.3 is 0 Å². The van der Waals surface area contributed by atoms with Crippen LogP contribution in [0.2, 0.25) is 0 Å². The van der Waals surface area contributed by atoms with E-state index in [0.29, 0.717) is 26.2 Å². The lowest BCUT2D eigenvalue weighted by molar-refractivity contribution is 0.371.